The molecule has 0 aliphatic rings. The fourth-order valence-electron chi connectivity index (χ4n) is 1.61. The highest BCUT2D eigenvalue weighted by atomic mass is 35.5. The van der Waals surface area contributed by atoms with E-state index in [0.29, 0.717) is 31.3 Å². The molecule has 4 nitrogen and oxygen atoms in total. The van der Waals surface area contributed by atoms with Crippen molar-refractivity contribution in [2.75, 3.05) is 34.0 Å². The van der Waals surface area contributed by atoms with Crippen LogP contribution in [-0.2, 0) is 9.47 Å². The normalized spacial score (nSPS) is 12.4. The molecule has 0 aliphatic carbocycles. The largest absolute Gasteiger partial charge is 0.496 e. The van der Waals surface area contributed by atoms with Crippen molar-refractivity contribution in [2.45, 2.75) is 12.5 Å². The van der Waals surface area contributed by atoms with Crippen molar-refractivity contribution in [2.24, 2.45) is 5.73 Å². The zero-order chi connectivity index (χ0) is 13.4. The van der Waals surface area contributed by atoms with Gasteiger partial charge in [0.25, 0.3) is 0 Å². The van der Waals surface area contributed by atoms with E-state index in [-0.39, 0.29) is 6.04 Å². The Balaban J connectivity index is 2.49. The summed E-state index contributed by atoms with van der Waals surface area (Å²) in [5, 5.41) is 0.654. The summed E-state index contributed by atoms with van der Waals surface area (Å²) in [6.45, 7) is 1.76. The Morgan fingerprint density at radius 2 is 2.00 bits per heavy atom. The molecule has 0 amide bonds. The van der Waals surface area contributed by atoms with E-state index in [2.05, 4.69) is 0 Å². The first-order valence-corrected chi connectivity index (χ1v) is 6.22. The number of rotatable bonds is 8. The van der Waals surface area contributed by atoms with Crippen LogP contribution in [0, 0.1) is 0 Å². The van der Waals surface area contributed by atoms with E-state index >= 15 is 0 Å². The molecule has 0 saturated heterocycles. The Bertz CT molecular complexity index is 360. The molecule has 1 aromatic carbocycles. The summed E-state index contributed by atoms with van der Waals surface area (Å²) in [6.07, 6.45) is 0.709. The van der Waals surface area contributed by atoms with Gasteiger partial charge in [0.05, 0.1) is 20.3 Å². The quantitative estimate of drug-likeness (QED) is 0.739. The van der Waals surface area contributed by atoms with Crippen LogP contribution in [0.4, 0.5) is 0 Å². The minimum absolute atomic E-state index is 0.152. The Hall–Kier alpha value is -0.810. The second kappa shape index (κ2) is 8.32. The van der Waals surface area contributed by atoms with Gasteiger partial charge in [0.2, 0.25) is 0 Å². The van der Waals surface area contributed by atoms with E-state index in [1.54, 1.807) is 20.3 Å². The highest BCUT2D eigenvalue weighted by molar-refractivity contribution is 6.30. The Morgan fingerprint density at radius 3 is 2.67 bits per heavy atom. The molecule has 1 aromatic rings. The predicted octanol–water partition coefficient (Wildman–Crippen LogP) is 2.40. The van der Waals surface area contributed by atoms with Gasteiger partial charge in [-0.2, -0.15) is 0 Å². The van der Waals surface area contributed by atoms with Gasteiger partial charge in [-0.05, 0) is 24.6 Å². The summed E-state index contributed by atoms with van der Waals surface area (Å²) < 4.78 is 15.6. The highest BCUT2D eigenvalue weighted by Gasteiger charge is 2.12. The molecule has 0 spiro atoms. The molecule has 0 aliphatic heterocycles. The number of methoxy groups -OCH3 is 2. The van der Waals surface area contributed by atoms with Gasteiger partial charge in [-0.15, -0.1) is 0 Å². The monoisotopic (exact) mass is 273 g/mol. The van der Waals surface area contributed by atoms with Crippen LogP contribution in [0.5, 0.6) is 5.75 Å². The molecule has 1 unspecified atom stereocenters. The average Bonchev–Trinajstić information content (AvgIpc) is 2.38. The predicted molar refractivity (Wildman–Crippen MR) is 72.2 cm³/mol. The first-order chi connectivity index (χ1) is 8.69. The van der Waals surface area contributed by atoms with Crippen molar-refractivity contribution in [3.8, 4) is 5.75 Å². The molecule has 1 atom stereocenters. The highest BCUT2D eigenvalue weighted by Crippen LogP contribution is 2.28. The molecule has 102 valence electrons. The molecule has 0 saturated carbocycles. The molecule has 0 heterocycles. The standard InChI is InChI=1S/C13H20ClNO3/c1-16-7-8-18-6-5-12(15)11-9-10(14)3-4-13(11)17-2/h3-4,9,12H,5-8,15H2,1-2H3. The second-order valence-electron chi connectivity index (χ2n) is 3.89. The summed E-state index contributed by atoms with van der Waals surface area (Å²) in [5.74, 6) is 0.754. The third kappa shape index (κ3) is 4.82. The smallest absolute Gasteiger partial charge is 0.123 e. The molecule has 2 N–H and O–H groups in total. The van der Waals surface area contributed by atoms with E-state index < -0.39 is 0 Å². The van der Waals surface area contributed by atoms with Crippen LogP contribution in [0.2, 0.25) is 5.02 Å². The fourth-order valence-corrected chi connectivity index (χ4v) is 1.79. The van der Waals surface area contributed by atoms with Gasteiger partial charge in [0.15, 0.2) is 0 Å². The maximum atomic E-state index is 6.11. The topological polar surface area (TPSA) is 53.7 Å². The van der Waals surface area contributed by atoms with Gasteiger partial charge >= 0.3 is 0 Å². The summed E-state index contributed by atoms with van der Waals surface area (Å²) >= 11 is 5.96. The zero-order valence-electron chi connectivity index (χ0n) is 10.8. The Morgan fingerprint density at radius 1 is 1.22 bits per heavy atom. The summed E-state index contributed by atoms with van der Waals surface area (Å²) in [5.41, 5.74) is 7.01. The lowest BCUT2D eigenvalue weighted by molar-refractivity contribution is 0.0671. The zero-order valence-corrected chi connectivity index (χ0v) is 11.6. The van der Waals surface area contributed by atoms with Crippen LogP contribution in [-0.4, -0.2) is 34.0 Å². The molecule has 18 heavy (non-hydrogen) atoms. The summed E-state index contributed by atoms with van der Waals surface area (Å²) in [6, 6.07) is 5.29. The average molecular weight is 274 g/mol. The Labute approximate surface area is 113 Å². The SMILES string of the molecule is COCCOCCC(N)c1cc(Cl)ccc1OC. The number of hydrogen-bond donors (Lipinski definition) is 1. The molecule has 1 rings (SSSR count). The molecule has 0 bridgehead atoms. The van der Waals surface area contributed by atoms with E-state index in [4.69, 9.17) is 31.5 Å². The molecular weight excluding hydrogens is 254 g/mol. The molecule has 0 radical (unpaired) electrons. The minimum atomic E-state index is -0.152. The van der Waals surface area contributed by atoms with Crippen molar-refractivity contribution >= 4 is 11.6 Å². The van der Waals surface area contributed by atoms with Gasteiger partial charge in [0, 0.05) is 30.3 Å². The number of nitrogens with two attached hydrogens (primary N) is 1. The summed E-state index contributed by atoms with van der Waals surface area (Å²) in [4.78, 5) is 0. The number of benzene rings is 1. The minimum Gasteiger partial charge on any atom is -0.496 e. The van der Waals surface area contributed by atoms with Crippen LogP contribution in [0.3, 0.4) is 0 Å². The van der Waals surface area contributed by atoms with Crippen molar-refractivity contribution in [3.63, 3.8) is 0 Å². The lowest BCUT2D eigenvalue weighted by atomic mass is 10.0. The van der Waals surface area contributed by atoms with Gasteiger partial charge < -0.3 is 19.9 Å². The third-order valence-electron chi connectivity index (χ3n) is 2.60. The maximum Gasteiger partial charge on any atom is 0.123 e. The Kier molecular flexibility index (Phi) is 7.05. The van der Waals surface area contributed by atoms with Gasteiger partial charge in [-0.1, -0.05) is 11.6 Å². The van der Waals surface area contributed by atoms with Crippen LogP contribution >= 0.6 is 11.6 Å². The van der Waals surface area contributed by atoms with Crippen LogP contribution in [0.1, 0.15) is 18.0 Å². The number of ether oxygens (including phenoxy) is 3. The maximum absolute atomic E-state index is 6.11. The van der Waals surface area contributed by atoms with Gasteiger partial charge in [-0.25, -0.2) is 0 Å². The third-order valence-corrected chi connectivity index (χ3v) is 2.83. The van der Waals surface area contributed by atoms with Crippen LogP contribution in [0.25, 0.3) is 0 Å². The van der Waals surface area contributed by atoms with E-state index in [1.165, 1.54) is 0 Å². The number of halogens is 1. The fraction of sp³-hybridized carbons (Fsp3) is 0.538. The van der Waals surface area contributed by atoms with Crippen LogP contribution in [0.15, 0.2) is 18.2 Å². The van der Waals surface area contributed by atoms with E-state index in [1.807, 2.05) is 12.1 Å². The van der Waals surface area contributed by atoms with Crippen molar-refractivity contribution in [1.82, 2.24) is 0 Å². The first kappa shape index (κ1) is 15.2. The van der Waals surface area contributed by atoms with Crippen molar-refractivity contribution < 1.29 is 14.2 Å². The van der Waals surface area contributed by atoms with Crippen molar-refractivity contribution in [1.29, 1.82) is 0 Å². The van der Waals surface area contributed by atoms with Crippen LogP contribution < -0.4 is 10.5 Å². The van der Waals surface area contributed by atoms with Gasteiger partial charge in [-0.3, -0.25) is 0 Å². The molecular formula is C13H20ClNO3. The lowest BCUT2D eigenvalue weighted by Gasteiger charge is -2.16. The van der Waals surface area contributed by atoms with E-state index in [0.717, 1.165) is 11.3 Å². The molecule has 0 aromatic heterocycles. The number of hydrogen-bond acceptors (Lipinski definition) is 4. The first-order valence-electron chi connectivity index (χ1n) is 5.84. The lowest BCUT2D eigenvalue weighted by Crippen LogP contribution is -2.15. The van der Waals surface area contributed by atoms with Gasteiger partial charge in [0.1, 0.15) is 5.75 Å². The van der Waals surface area contributed by atoms with Crippen molar-refractivity contribution in [3.05, 3.63) is 28.8 Å². The molecule has 0 fully saturated rings. The summed E-state index contributed by atoms with van der Waals surface area (Å²) in [7, 11) is 3.26. The second-order valence-corrected chi connectivity index (χ2v) is 4.32. The molecule has 5 heteroatoms. The van der Waals surface area contributed by atoms with E-state index in [9.17, 15) is 0 Å².